The van der Waals surface area contributed by atoms with Crippen LogP contribution in [0.25, 0.3) is 0 Å². The molecule has 34 heavy (non-hydrogen) atoms. The van der Waals surface area contributed by atoms with Crippen molar-refractivity contribution in [3.05, 3.63) is 94.5 Å². The van der Waals surface area contributed by atoms with Gasteiger partial charge in [-0.05, 0) is 74.2 Å². The Kier molecular flexibility index (Phi) is 8.72. The van der Waals surface area contributed by atoms with Gasteiger partial charge in [-0.1, -0.05) is 54.1 Å². The molecule has 0 aromatic heterocycles. The van der Waals surface area contributed by atoms with Gasteiger partial charge in [-0.3, -0.25) is 4.79 Å². The van der Waals surface area contributed by atoms with Crippen molar-refractivity contribution >= 4 is 27.5 Å². The monoisotopic (exact) mass is 500 g/mol. The molecule has 0 saturated heterocycles. The highest BCUT2D eigenvalue weighted by molar-refractivity contribution is 7.89. The number of rotatable bonds is 10. The van der Waals surface area contributed by atoms with Crippen LogP contribution in [0.1, 0.15) is 36.6 Å². The first kappa shape index (κ1) is 25.7. The Morgan fingerprint density at radius 2 is 1.71 bits per heavy atom. The normalized spacial score (nSPS) is 13.2. The van der Waals surface area contributed by atoms with E-state index in [0.29, 0.717) is 22.9 Å². The number of hydrogen-bond acceptors (Lipinski definition) is 4. The van der Waals surface area contributed by atoms with E-state index < -0.39 is 22.0 Å². The van der Waals surface area contributed by atoms with Crippen LogP contribution in [0, 0.1) is 6.92 Å². The van der Waals surface area contributed by atoms with Gasteiger partial charge in [0.25, 0.3) is 0 Å². The van der Waals surface area contributed by atoms with Crippen LogP contribution in [0.2, 0.25) is 5.02 Å². The lowest BCUT2D eigenvalue weighted by Gasteiger charge is -2.22. The van der Waals surface area contributed by atoms with Gasteiger partial charge >= 0.3 is 0 Å². The number of aryl methyl sites for hydroxylation is 1. The molecule has 3 rings (SSSR count). The quantitative estimate of drug-likeness (QED) is 0.418. The zero-order valence-corrected chi connectivity index (χ0v) is 21.0. The SMILES string of the molecule is CCOc1ccc(S(=O)(=O)N[C@@H](Cc2ccccc2)C(=O)N[C@@H](C)c2ccc(Cl)cc2)cc1C. The summed E-state index contributed by atoms with van der Waals surface area (Å²) in [6.07, 6.45) is 0.204. The van der Waals surface area contributed by atoms with Crippen molar-refractivity contribution in [2.75, 3.05) is 6.61 Å². The minimum atomic E-state index is -3.97. The molecule has 0 radical (unpaired) electrons. The maximum atomic E-state index is 13.2. The molecular weight excluding hydrogens is 472 g/mol. The third-order valence-electron chi connectivity index (χ3n) is 5.38. The molecule has 0 aliphatic rings. The highest BCUT2D eigenvalue weighted by atomic mass is 35.5. The molecule has 1 amide bonds. The molecule has 3 aromatic rings. The van der Waals surface area contributed by atoms with Crippen molar-refractivity contribution in [2.45, 2.75) is 44.2 Å². The molecule has 0 aliphatic heterocycles. The third-order valence-corrected chi connectivity index (χ3v) is 7.10. The summed E-state index contributed by atoms with van der Waals surface area (Å²) in [5.41, 5.74) is 2.40. The van der Waals surface area contributed by atoms with Gasteiger partial charge in [-0.2, -0.15) is 4.72 Å². The van der Waals surface area contributed by atoms with E-state index in [1.54, 1.807) is 31.2 Å². The molecule has 3 aromatic carbocycles. The molecule has 0 aliphatic carbocycles. The number of hydrogen-bond donors (Lipinski definition) is 2. The van der Waals surface area contributed by atoms with E-state index in [4.69, 9.17) is 16.3 Å². The summed E-state index contributed by atoms with van der Waals surface area (Å²) in [6.45, 7) is 5.97. The zero-order valence-electron chi connectivity index (χ0n) is 19.4. The van der Waals surface area contributed by atoms with Crippen LogP contribution in [-0.4, -0.2) is 27.0 Å². The average Bonchev–Trinajstić information content (AvgIpc) is 2.81. The molecule has 0 fully saturated rings. The van der Waals surface area contributed by atoms with Crippen LogP contribution in [0.3, 0.4) is 0 Å². The molecule has 0 spiro atoms. The smallest absolute Gasteiger partial charge is 0.241 e. The second kappa shape index (κ2) is 11.5. The van der Waals surface area contributed by atoms with Gasteiger partial charge in [0, 0.05) is 5.02 Å². The van der Waals surface area contributed by atoms with E-state index in [1.807, 2.05) is 56.3 Å². The Morgan fingerprint density at radius 1 is 1.03 bits per heavy atom. The molecule has 0 saturated carbocycles. The summed E-state index contributed by atoms with van der Waals surface area (Å²) in [6, 6.07) is 19.8. The van der Waals surface area contributed by atoms with Crippen LogP contribution < -0.4 is 14.8 Å². The van der Waals surface area contributed by atoms with E-state index in [1.165, 1.54) is 6.07 Å². The van der Waals surface area contributed by atoms with E-state index in [-0.39, 0.29) is 17.4 Å². The van der Waals surface area contributed by atoms with Crippen LogP contribution in [0.4, 0.5) is 0 Å². The number of amides is 1. The topological polar surface area (TPSA) is 84.5 Å². The highest BCUT2D eigenvalue weighted by Gasteiger charge is 2.27. The first-order valence-electron chi connectivity index (χ1n) is 11.0. The molecule has 180 valence electrons. The summed E-state index contributed by atoms with van der Waals surface area (Å²) in [5, 5.41) is 3.52. The van der Waals surface area contributed by atoms with Crippen LogP contribution in [0.5, 0.6) is 5.75 Å². The van der Waals surface area contributed by atoms with Crippen molar-refractivity contribution in [1.82, 2.24) is 10.0 Å². The van der Waals surface area contributed by atoms with Crippen molar-refractivity contribution in [3.63, 3.8) is 0 Å². The molecule has 2 N–H and O–H groups in total. The van der Waals surface area contributed by atoms with Crippen molar-refractivity contribution in [3.8, 4) is 5.75 Å². The number of carbonyl (C=O) groups is 1. The summed E-state index contributed by atoms with van der Waals surface area (Å²) in [4.78, 5) is 13.3. The molecule has 0 bridgehead atoms. The molecular formula is C26H29ClN2O4S. The Labute approximate surface area is 206 Å². The highest BCUT2D eigenvalue weighted by Crippen LogP contribution is 2.22. The van der Waals surface area contributed by atoms with Gasteiger partial charge in [0.15, 0.2) is 0 Å². The summed E-state index contributed by atoms with van der Waals surface area (Å²) in [5.74, 6) is 0.203. The molecule has 0 unspecified atom stereocenters. The van der Waals surface area contributed by atoms with Gasteiger partial charge in [0.1, 0.15) is 11.8 Å². The summed E-state index contributed by atoms with van der Waals surface area (Å²) < 4.78 is 34.5. The predicted octanol–water partition coefficient (Wildman–Crippen LogP) is 4.81. The van der Waals surface area contributed by atoms with E-state index in [2.05, 4.69) is 10.0 Å². The Bertz CT molecular complexity index is 1220. The molecule has 6 nitrogen and oxygen atoms in total. The third kappa shape index (κ3) is 6.82. The Hall–Kier alpha value is -2.87. The first-order valence-corrected chi connectivity index (χ1v) is 12.9. The lowest BCUT2D eigenvalue weighted by atomic mass is 10.0. The zero-order chi connectivity index (χ0) is 24.7. The number of ether oxygens (including phenoxy) is 1. The van der Waals surface area contributed by atoms with E-state index in [0.717, 1.165) is 11.1 Å². The van der Waals surface area contributed by atoms with Crippen molar-refractivity contribution in [2.24, 2.45) is 0 Å². The fourth-order valence-corrected chi connectivity index (χ4v) is 4.95. The minimum absolute atomic E-state index is 0.0741. The second-order valence-electron chi connectivity index (χ2n) is 8.01. The summed E-state index contributed by atoms with van der Waals surface area (Å²) in [7, 11) is -3.97. The van der Waals surface area contributed by atoms with Crippen LogP contribution in [0.15, 0.2) is 77.7 Å². The summed E-state index contributed by atoms with van der Waals surface area (Å²) >= 11 is 5.96. The van der Waals surface area contributed by atoms with Gasteiger partial charge in [-0.15, -0.1) is 0 Å². The Balaban J connectivity index is 1.84. The Morgan fingerprint density at radius 3 is 2.32 bits per heavy atom. The fourth-order valence-electron chi connectivity index (χ4n) is 3.55. The molecule has 0 heterocycles. The lowest BCUT2D eigenvalue weighted by molar-refractivity contribution is -0.123. The van der Waals surface area contributed by atoms with E-state index in [9.17, 15) is 13.2 Å². The maximum Gasteiger partial charge on any atom is 0.241 e. The van der Waals surface area contributed by atoms with E-state index >= 15 is 0 Å². The predicted molar refractivity (Wildman–Crippen MR) is 135 cm³/mol. The van der Waals surface area contributed by atoms with Gasteiger partial charge in [0.05, 0.1) is 17.5 Å². The largest absolute Gasteiger partial charge is 0.494 e. The van der Waals surface area contributed by atoms with Gasteiger partial charge < -0.3 is 10.1 Å². The van der Waals surface area contributed by atoms with Gasteiger partial charge in [-0.25, -0.2) is 8.42 Å². The van der Waals surface area contributed by atoms with Gasteiger partial charge in [0.2, 0.25) is 15.9 Å². The minimum Gasteiger partial charge on any atom is -0.494 e. The standard InChI is InChI=1S/C26H29ClN2O4S/c1-4-33-25-15-14-23(16-18(25)2)34(31,32)29-24(17-20-8-6-5-7-9-20)26(30)28-19(3)21-10-12-22(27)13-11-21/h5-16,19,24,29H,4,17H2,1-3H3,(H,28,30)/t19-,24-/m0/s1. The van der Waals surface area contributed by atoms with Crippen molar-refractivity contribution in [1.29, 1.82) is 0 Å². The number of carbonyl (C=O) groups excluding carboxylic acids is 1. The first-order chi connectivity index (χ1) is 16.2. The van der Waals surface area contributed by atoms with Crippen LogP contribution >= 0.6 is 11.6 Å². The number of halogens is 1. The average molecular weight is 501 g/mol. The lowest BCUT2D eigenvalue weighted by Crippen LogP contribution is -2.48. The number of nitrogens with one attached hydrogen (secondary N) is 2. The molecule has 2 atom stereocenters. The van der Waals surface area contributed by atoms with Crippen molar-refractivity contribution < 1.29 is 17.9 Å². The number of sulfonamides is 1. The fraction of sp³-hybridized carbons (Fsp3) is 0.269. The molecule has 8 heteroatoms. The second-order valence-corrected chi connectivity index (χ2v) is 10.2. The van der Waals surface area contributed by atoms with Crippen LogP contribution in [-0.2, 0) is 21.2 Å². The maximum absolute atomic E-state index is 13.2. The number of benzene rings is 3.